The number of hydrogen-bond acceptors (Lipinski definition) is 3. The first-order valence-electron chi connectivity index (χ1n) is 5.95. The van der Waals surface area contributed by atoms with Crippen LogP contribution in [0.5, 0.6) is 0 Å². The second kappa shape index (κ2) is 5.44. The van der Waals surface area contributed by atoms with Crippen molar-refractivity contribution in [2.24, 2.45) is 0 Å². The van der Waals surface area contributed by atoms with Gasteiger partial charge < -0.3 is 10.4 Å². The van der Waals surface area contributed by atoms with E-state index in [-0.39, 0.29) is 12.5 Å². The van der Waals surface area contributed by atoms with Crippen LogP contribution < -0.4 is 5.32 Å². The fourth-order valence-electron chi connectivity index (χ4n) is 2.58. The molecule has 2 atom stereocenters. The summed E-state index contributed by atoms with van der Waals surface area (Å²) in [7, 11) is 1.39. The Bertz CT molecular complexity index is 309. The van der Waals surface area contributed by atoms with Gasteiger partial charge in [-0.25, -0.2) is 0 Å². The van der Waals surface area contributed by atoms with Crippen LogP contribution in [0.25, 0.3) is 0 Å². The molecule has 0 saturated heterocycles. The fraction of sp³-hybridized carbons (Fsp3) is 0.909. The molecule has 2 N–H and O–H groups in total. The molecule has 4 nitrogen and oxygen atoms in total. The van der Waals surface area contributed by atoms with Gasteiger partial charge in [-0.05, 0) is 32.9 Å². The molecular formula is C11H19F3N2O2. The monoisotopic (exact) mass is 268 g/mol. The Morgan fingerprint density at radius 3 is 2.61 bits per heavy atom. The Kier molecular flexibility index (Phi) is 4.61. The number of hydrogen-bond donors (Lipinski definition) is 2. The Morgan fingerprint density at radius 1 is 1.56 bits per heavy atom. The number of nitrogens with zero attached hydrogens (tertiary/aromatic N) is 1. The van der Waals surface area contributed by atoms with E-state index >= 15 is 0 Å². The number of halogens is 3. The number of aliphatic carboxylic acids is 1. The summed E-state index contributed by atoms with van der Waals surface area (Å²) in [6.07, 6.45) is -3.21. The summed E-state index contributed by atoms with van der Waals surface area (Å²) >= 11 is 0. The SMILES string of the molecule is CCNC1(C(=O)O)CCC(N(C)CC(F)(F)F)C1. The van der Waals surface area contributed by atoms with Gasteiger partial charge in [0.1, 0.15) is 5.54 Å². The first-order chi connectivity index (χ1) is 8.20. The minimum Gasteiger partial charge on any atom is -0.480 e. The van der Waals surface area contributed by atoms with Crippen molar-refractivity contribution in [1.29, 1.82) is 0 Å². The molecule has 0 radical (unpaired) electrons. The van der Waals surface area contributed by atoms with Crippen molar-refractivity contribution in [1.82, 2.24) is 10.2 Å². The number of carboxylic acids is 1. The molecule has 2 unspecified atom stereocenters. The molecule has 1 saturated carbocycles. The topological polar surface area (TPSA) is 52.6 Å². The third kappa shape index (κ3) is 3.58. The van der Waals surface area contributed by atoms with Gasteiger partial charge in [0.25, 0.3) is 0 Å². The van der Waals surface area contributed by atoms with E-state index in [1.165, 1.54) is 11.9 Å². The van der Waals surface area contributed by atoms with Crippen LogP contribution in [0.1, 0.15) is 26.2 Å². The molecule has 1 rings (SSSR count). The smallest absolute Gasteiger partial charge is 0.401 e. The Labute approximate surface area is 104 Å². The molecule has 0 aromatic rings. The van der Waals surface area contributed by atoms with Crippen molar-refractivity contribution in [3.63, 3.8) is 0 Å². The average Bonchev–Trinajstić information content (AvgIpc) is 2.61. The molecule has 1 aliphatic rings. The van der Waals surface area contributed by atoms with Gasteiger partial charge in [0.2, 0.25) is 0 Å². The molecule has 0 aromatic carbocycles. The minimum atomic E-state index is -4.25. The lowest BCUT2D eigenvalue weighted by atomic mass is 9.97. The fourth-order valence-corrected chi connectivity index (χ4v) is 2.58. The zero-order valence-electron chi connectivity index (χ0n) is 10.5. The quantitative estimate of drug-likeness (QED) is 0.792. The van der Waals surface area contributed by atoms with Crippen molar-refractivity contribution in [2.45, 2.75) is 43.9 Å². The number of likely N-dealkylation sites (N-methyl/N-ethyl adjacent to an activating group) is 1. The Morgan fingerprint density at radius 2 is 2.17 bits per heavy atom. The first-order valence-corrected chi connectivity index (χ1v) is 5.95. The molecule has 0 amide bonds. The Balaban J connectivity index is 2.66. The molecule has 18 heavy (non-hydrogen) atoms. The summed E-state index contributed by atoms with van der Waals surface area (Å²) in [5.74, 6) is -0.979. The summed E-state index contributed by atoms with van der Waals surface area (Å²) in [5.41, 5.74) is -1.07. The molecular weight excluding hydrogens is 249 g/mol. The maximum absolute atomic E-state index is 12.3. The highest BCUT2D eigenvalue weighted by Crippen LogP contribution is 2.34. The lowest BCUT2D eigenvalue weighted by Gasteiger charge is -2.29. The van der Waals surface area contributed by atoms with Crippen LogP contribution in [0.4, 0.5) is 13.2 Å². The number of carboxylic acid groups (broad SMARTS) is 1. The van der Waals surface area contributed by atoms with Crippen LogP contribution in [0.2, 0.25) is 0 Å². The first kappa shape index (κ1) is 15.2. The maximum atomic E-state index is 12.3. The largest absolute Gasteiger partial charge is 0.480 e. The van der Waals surface area contributed by atoms with Gasteiger partial charge in [-0.3, -0.25) is 9.69 Å². The van der Waals surface area contributed by atoms with Gasteiger partial charge in [-0.2, -0.15) is 13.2 Å². The molecule has 106 valence electrons. The van der Waals surface area contributed by atoms with Gasteiger partial charge in [0, 0.05) is 6.04 Å². The van der Waals surface area contributed by atoms with E-state index in [0.29, 0.717) is 19.4 Å². The molecule has 0 heterocycles. The summed E-state index contributed by atoms with van der Waals surface area (Å²) in [6, 6.07) is -0.346. The normalized spacial score (nSPS) is 28.9. The lowest BCUT2D eigenvalue weighted by molar-refractivity contribution is -0.148. The summed E-state index contributed by atoms with van der Waals surface area (Å²) in [6.45, 7) is 1.28. The van der Waals surface area contributed by atoms with Crippen molar-refractivity contribution in [3.05, 3.63) is 0 Å². The second-order valence-corrected chi connectivity index (χ2v) is 4.84. The van der Waals surface area contributed by atoms with Crippen LogP contribution in [-0.4, -0.2) is 53.9 Å². The lowest BCUT2D eigenvalue weighted by Crippen LogP contribution is -2.51. The van der Waals surface area contributed by atoms with E-state index in [1.807, 2.05) is 0 Å². The van der Waals surface area contributed by atoms with E-state index in [2.05, 4.69) is 5.32 Å². The standard InChI is InChI=1S/C11H19F3N2O2/c1-3-15-10(9(17)18)5-4-8(6-10)16(2)7-11(12,13)14/h8,15H,3-7H2,1-2H3,(H,17,18). The summed E-state index contributed by atoms with van der Waals surface area (Å²) in [5, 5.41) is 12.1. The predicted molar refractivity (Wildman–Crippen MR) is 60.4 cm³/mol. The average molecular weight is 268 g/mol. The highest BCUT2D eigenvalue weighted by atomic mass is 19.4. The summed E-state index contributed by atoms with van der Waals surface area (Å²) < 4.78 is 36.9. The maximum Gasteiger partial charge on any atom is 0.401 e. The minimum absolute atomic E-state index is 0.211. The van der Waals surface area contributed by atoms with Gasteiger partial charge in [0.05, 0.1) is 6.54 Å². The van der Waals surface area contributed by atoms with Gasteiger partial charge in [0.15, 0.2) is 0 Å². The molecule has 7 heteroatoms. The molecule has 1 fully saturated rings. The van der Waals surface area contributed by atoms with Crippen molar-refractivity contribution >= 4 is 5.97 Å². The van der Waals surface area contributed by atoms with E-state index < -0.39 is 24.2 Å². The van der Waals surface area contributed by atoms with Crippen LogP contribution in [0.15, 0.2) is 0 Å². The zero-order valence-corrected chi connectivity index (χ0v) is 10.5. The van der Waals surface area contributed by atoms with E-state index in [9.17, 15) is 23.1 Å². The van der Waals surface area contributed by atoms with Crippen molar-refractivity contribution in [3.8, 4) is 0 Å². The third-order valence-corrected chi connectivity index (χ3v) is 3.47. The van der Waals surface area contributed by atoms with Crippen LogP contribution in [0, 0.1) is 0 Å². The number of rotatable bonds is 5. The predicted octanol–water partition coefficient (Wildman–Crippen LogP) is 1.47. The zero-order chi connectivity index (χ0) is 14.0. The van der Waals surface area contributed by atoms with Crippen LogP contribution in [-0.2, 0) is 4.79 Å². The molecule has 0 aromatic heterocycles. The second-order valence-electron chi connectivity index (χ2n) is 4.84. The van der Waals surface area contributed by atoms with E-state index in [1.54, 1.807) is 6.92 Å². The van der Waals surface area contributed by atoms with Gasteiger partial charge in [-0.1, -0.05) is 6.92 Å². The Hall–Kier alpha value is -0.820. The van der Waals surface area contributed by atoms with E-state index in [4.69, 9.17) is 0 Å². The van der Waals surface area contributed by atoms with Crippen molar-refractivity contribution in [2.75, 3.05) is 20.1 Å². The van der Waals surface area contributed by atoms with Crippen LogP contribution >= 0.6 is 0 Å². The van der Waals surface area contributed by atoms with Gasteiger partial charge >= 0.3 is 12.1 Å². The third-order valence-electron chi connectivity index (χ3n) is 3.47. The highest BCUT2D eigenvalue weighted by Gasteiger charge is 2.47. The van der Waals surface area contributed by atoms with Gasteiger partial charge in [-0.15, -0.1) is 0 Å². The van der Waals surface area contributed by atoms with E-state index in [0.717, 1.165) is 0 Å². The molecule has 0 aliphatic heterocycles. The summed E-state index contributed by atoms with van der Waals surface area (Å²) in [4.78, 5) is 12.5. The molecule has 1 aliphatic carbocycles. The van der Waals surface area contributed by atoms with Crippen LogP contribution in [0.3, 0.4) is 0 Å². The highest BCUT2D eigenvalue weighted by molar-refractivity contribution is 5.79. The number of alkyl halides is 3. The number of nitrogens with one attached hydrogen (secondary N) is 1. The molecule has 0 bridgehead atoms. The molecule has 0 spiro atoms. The van der Waals surface area contributed by atoms with Crippen molar-refractivity contribution < 1.29 is 23.1 Å². The number of carbonyl (C=O) groups is 1.